The van der Waals surface area contributed by atoms with E-state index in [-0.39, 0.29) is 5.78 Å². The predicted molar refractivity (Wildman–Crippen MR) is 55.3 cm³/mol. The zero-order valence-electron chi connectivity index (χ0n) is 8.72. The maximum absolute atomic E-state index is 11.3. The molecule has 0 spiro atoms. The van der Waals surface area contributed by atoms with Crippen molar-refractivity contribution in [3.63, 3.8) is 0 Å². The van der Waals surface area contributed by atoms with Crippen LogP contribution >= 0.6 is 0 Å². The van der Waals surface area contributed by atoms with E-state index in [1.54, 1.807) is 6.07 Å². The second-order valence-corrected chi connectivity index (χ2v) is 3.37. The van der Waals surface area contributed by atoms with Crippen molar-refractivity contribution in [2.45, 2.75) is 27.2 Å². The van der Waals surface area contributed by atoms with Gasteiger partial charge in [-0.05, 0) is 31.9 Å². The molecule has 0 bridgehead atoms. The summed E-state index contributed by atoms with van der Waals surface area (Å²) in [4.78, 5) is 11.3. The first-order valence-electron chi connectivity index (χ1n) is 4.64. The van der Waals surface area contributed by atoms with Gasteiger partial charge in [0.25, 0.3) is 0 Å². The van der Waals surface area contributed by atoms with Crippen LogP contribution in [-0.4, -0.2) is 5.78 Å². The normalized spacial score (nSPS) is 9.57. The van der Waals surface area contributed by atoms with E-state index in [1.807, 2.05) is 19.9 Å². The highest BCUT2D eigenvalue weighted by Crippen LogP contribution is 2.18. The Balaban J connectivity index is 3.49. The number of hydrogen-bond donors (Lipinski definition) is 0. The molecule has 2 nitrogen and oxygen atoms in total. The summed E-state index contributed by atoms with van der Waals surface area (Å²) in [5.74, 6) is -0.0417. The Labute approximate surface area is 84.2 Å². The summed E-state index contributed by atoms with van der Waals surface area (Å²) >= 11 is 0. The molecule has 0 fully saturated rings. The van der Waals surface area contributed by atoms with Gasteiger partial charge in [-0.2, -0.15) is 5.26 Å². The van der Waals surface area contributed by atoms with Gasteiger partial charge in [-0.1, -0.05) is 18.6 Å². The lowest BCUT2D eigenvalue weighted by atomic mass is 9.95. The van der Waals surface area contributed by atoms with Crippen molar-refractivity contribution in [2.24, 2.45) is 0 Å². The summed E-state index contributed by atoms with van der Waals surface area (Å²) in [7, 11) is 0. The maximum atomic E-state index is 11.3. The number of carbonyl (C=O) groups excluding carboxylic acids is 1. The number of carbonyl (C=O) groups is 1. The van der Waals surface area contributed by atoms with Crippen molar-refractivity contribution in [1.29, 1.82) is 5.26 Å². The average Bonchev–Trinajstić information content (AvgIpc) is 2.16. The van der Waals surface area contributed by atoms with Crippen LogP contribution in [0.15, 0.2) is 12.1 Å². The average molecular weight is 187 g/mol. The van der Waals surface area contributed by atoms with Gasteiger partial charge < -0.3 is 0 Å². The zero-order chi connectivity index (χ0) is 10.7. The molecule has 0 aliphatic heterocycles. The highest BCUT2D eigenvalue weighted by molar-refractivity contribution is 5.97. The van der Waals surface area contributed by atoms with Crippen LogP contribution < -0.4 is 0 Å². The van der Waals surface area contributed by atoms with Crippen LogP contribution in [0.1, 0.15) is 40.9 Å². The zero-order valence-corrected chi connectivity index (χ0v) is 8.72. The number of nitriles is 1. The van der Waals surface area contributed by atoms with Crippen molar-refractivity contribution >= 4 is 5.78 Å². The van der Waals surface area contributed by atoms with E-state index < -0.39 is 0 Å². The van der Waals surface area contributed by atoms with E-state index in [4.69, 9.17) is 5.26 Å². The van der Waals surface area contributed by atoms with Crippen LogP contribution in [0.3, 0.4) is 0 Å². The third-order valence-electron chi connectivity index (χ3n) is 2.24. The van der Waals surface area contributed by atoms with Crippen molar-refractivity contribution < 1.29 is 4.79 Å². The van der Waals surface area contributed by atoms with E-state index in [0.717, 1.165) is 17.5 Å². The monoisotopic (exact) mass is 187 g/mol. The summed E-state index contributed by atoms with van der Waals surface area (Å²) < 4.78 is 0. The Morgan fingerprint density at radius 2 is 2.14 bits per heavy atom. The first kappa shape index (κ1) is 10.5. The molecule has 0 aliphatic carbocycles. The van der Waals surface area contributed by atoms with Crippen LogP contribution in [0, 0.1) is 18.3 Å². The third-order valence-corrected chi connectivity index (χ3v) is 2.24. The van der Waals surface area contributed by atoms with Gasteiger partial charge in [-0.25, -0.2) is 0 Å². The Kier molecular flexibility index (Phi) is 3.03. The van der Waals surface area contributed by atoms with Crippen molar-refractivity contribution in [3.05, 3.63) is 34.4 Å². The minimum Gasteiger partial charge on any atom is -0.294 e. The highest BCUT2D eigenvalue weighted by Gasteiger charge is 2.11. The largest absolute Gasteiger partial charge is 0.294 e. The van der Waals surface area contributed by atoms with Gasteiger partial charge in [-0.15, -0.1) is 0 Å². The van der Waals surface area contributed by atoms with Gasteiger partial charge in [0.05, 0.1) is 5.56 Å². The van der Waals surface area contributed by atoms with Gasteiger partial charge >= 0.3 is 0 Å². The van der Waals surface area contributed by atoms with E-state index >= 15 is 0 Å². The summed E-state index contributed by atoms with van der Waals surface area (Å²) in [6.07, 6.45) is 0.783. The molecule has 1 aromatic carbocycles. The standard InChI is InChI=1S/C12H13NO/c1-4-10-5-8(2)6-11(9(3)14)12(10)7-13/h5-6H,4H2,1-3H3. The second-order valence-electron chi connectivity index (χ2n) is 3.37. The van der Waals surface area contributed by atoms with Crippen molar-refractivity contribution in [1.82, 2.24) is 0 Å². The van der Waals surface area contributed by atoms with Crippen LogP contribution in [-0.2, 0) is 6.42 Å². The molecular weight excluding hydrogens is 174 g/mol. The summed E-state index contributed by atoms with van der Waals surface area (Å²) in [6, 6.07) is 5.84. The maximum Gasteiger partial charge on any atom is 0.161 e. The predicted octanol–water partition coefficient (Wildman–Crippen LogP) is 2.63. The second kappa shape index (κ2) is 4.06. The quantitative estimate of drug-likeness (QED) is 0.668. The Hall–Kier alpha value is -1.62. The molecule has 72 valence electrons. The Bertz CT molecular complexity index is 413. The SMILES string of the molecule is CCc1cc(C)cc(C(C)=O)c1C#N. The lowest BCUT2D eigenvalue weighted by Gasteiger charge is -2.07. The fraction of sp³-hybridized carbons (Fsp3) is 0.333. The van der Waals surface area contributed by atoms with Gasteiger partial charge in [-0.3, -0.25) is 4.79 Å². The summed E-state index contributed by atoms with van der Waals surface area (Å²) in [6.45, 7) is 5.42. The van der Waals surface area contributed by atoms with Gasteiger partial charge in [0, 0.05) is 5.56 Å². The highest BCUT2D eigenvalue weighted by atomic mass is 16.1. The molecule has 1 aromatic rings. The topological polar surface area (TPSA) is 40.9 Å². The molecule has 0 aromatic heterocycles. The molecule has 0 N–H and O–H groups in total. The van der Waals surface area contributed by atoms with Gasteiger partial charge in [0.2, 0.25) is 0 Å². The lowest BCUT2D eigenvalue weighted by Crippen LogP contribution is -2.01. The van der Waals surface area contributed by atoms with Crippen LogP contribution in [0.4, 0.5) is 0 Å². The minimum absolute atomic E-state index is 0.0417. The van der Waals surface area contributed by atoms with E-state index in [0.29, 0.717) is 11.1 Å². The van der Waals surface area contributed by atoms with E-state index in [2.05, 4.69) is 6.07 Å². The number of hydrogen-bond acceptors (Lipinski definition) is 2. The minimum atomic E-state index is -0.0417. The fourth-order valence-electron chi connectivity index (χ4n) is 1.55. The lowest BCUT2D eigenvalue weighted by molar-refractivity contribution is 0.101. The first-order valence-corrected chi connectivity index (χ1v) is 4.64. The number of nitrogens with zero attached hydrogens (tertiary/aromatic N) is 1. The molecule has 0 unspecified atom stereocenters. The van der Waals surface area contributed by atoms with Crippen LogP contribution in [0.2, 0.25) is 0 Å². The van der Waals surface area contributed by atoms with Gasteiger partial charge in [0.1, 0.15) is 6.07 Å². The van der Waals surface area contributed by atoms with E-state index in [9.17, 15) is 4.79 Å². The third kappa shape index (κ3) is 1.82. The molecule has 1 rings (SSSR count). The van der Waals surface area contributed by atoms with Crippen LogP contribution in [0.5, 0.6) is 0 Å². The molecule has 14 heavy (non-hydrogen) atoms. The summed E-state index contributed by atoms with van der Waals surface area (Å²) in [5.41, 5.74) is 3.07. The number of rotatable bonds is 2. The number of aryl methyl sites for hydroxylation is 2. The first-order chi connectivity index (χ1) is 6.60. The number of benzene rings is 1. The van der Waals surface area contributed by atoms with Crippen LogP contribution in [0.25, 0.3) is 0 Å². The summed E-state index contributed by atoms with van der Waals surface area (Å²) in [5, 5.41) is 8.97. The number of Topliss-reactive ketones (excluding diaryl/α,β-unsaturated/α-hetero) is 1. The Morgan fingerprint density at radius 1 is 1.50 bits per heavy atom. The van der Waals surface area contributed by atoms with Crippen molar-refractivity contribution in [2.75, 3.05) is 0 Å². The fourth-order valence-corrected chi connectivity index (χ4v) is 1.55. The molecule has 0 saturated carbocycles. The smallest absolute Gasteiger partial charge is 0.161 e. The molecule has 0 atom stereocenters. The van der Waals surface area contributed by atoms with Gasteiger partial charge in [0.15, 0.2) is 5.78 Å². The number of ketones is 1. The van der Waals surface area contributed by atoms with Crippen molar-refractivity contribution in [3.8, 4) is 6.07 Å². The molecular formula is C12H13NO. The molecule has 0 heterocycles. The Morgan fingerprint density at radius 3 is 2.57 bits per heavy atom. The molecule has 0 amide bonds. The molecule has 0 aliphatic rings. The molecule has 0 saturated heterocycles. The van der Waals surface area contributed by atoms with E-state index in [1.165, 1.54) is 6.92 Å². The molecule has 0 radical (unpaired) electrons. The molecule has 2 heteroatoms.